The summed E-state index contributed by atoms with van der Waals surface area (Å²) in [6.45, 7) is 9.50. The van der Waals surface area contributed by atoms with Gasteiger partial charge in [-0.05, 0) is 66.9 Å². The first-order chi connectivity index (χ1) is 24.1. The van der Waals surface area contributed by atoms with Crippen molar-refractivity contribution in [2.24, 2.45) is 0 Å². The lowest BCUT2D eigenvalue weighted by atomic mass is 10.1. The van der Waals surface area contributed by atoms with Crippen LogP contribution >= 0.6 is 46.4 Å². The Bertz CT molecular complexity index is 1540. The van der Waals surface area contributed by atoms with Gasteiger partial charge in [-0.3, -0.25) is 4.90 Å². The molecule has 0 amide bonds. The minimum atomic E-state index is -1.50. The Kier molecular flexibility index (Phi) is 19.1. The Balaban J connectivity index is 0.000000247. The van der Waals surface area contributed by atoms with Gasteiger partial charge >= 0.3 is 0 Å². The summed E-state index contributed by atoms with van der Waals surface area (Å²) >= 11 is 24.5. The standard InChI is InChI=1S/C18H14Cl4N2O.C17H27NO3.HNO3/c19-13-2-1-12(16(21)7-13)10-25-18(9-24-6-5-23-11-24)15-4-3-14(20)8-17(15)22;1-2-3-12-20-16-5-7-17(8-6-16)21-13-4-9-18-10-14-19-15-11-18;2-1(3)4/h1-8,11,18H,9-10H2;5-8H,2-4,9-15H2,1H3;(H,2,3,4). The van der Waals surface area contributed by atoms with Crippen molar-refractivity contribution in [3.63, 3.8) is 0 Å². The summed E-state index contributed by atoms with van der Waals surface area (Å²) < 4.78 is 24.8. The molecular formula is C35H42Cl4N4O7. The third-order valence-electron chi connectivity index (χ3n) is 7.28. The first-order valence-corrected chi connectivity index (χ1v) is 17.6. The molecule has 1 N–H and O–H groups in total. The lowest BCUT2D eigenvalue weighted by molar-refractivity contribution is -0.742. The normalized spacial score (nSPS) is 13.3. The molecule has 1 aliphatic rings. The van der Waals surface area contributed by atoms with Gasteiger partial charge in [0.25, 0.3) is 5.09 Å². The molecule has 15 heteroatoms. The zero-order chi connectivity index (χ0) is 36.1. The molecule has 1 aromatic heterocycles. The largest absolute Gasteiger partial charge is 0.494 e. The number of imidazole rings is 1. The van der Waals surface area contributed by atoms with Crippen LogP contribution in [0.15, 0.2) is 79.4 Å². The van der Waals surface area contributed by atoms with E-state index in [0.29, 0.717) is 33.2 Å². The molecule has 0 radical (unpaired) electrons. The molecule has 3 aromatic carbocycles. The number of rotatable bonds is 15. The van der Waals surface area contributed by atoms with Crippen LogP contribution < -0.4 is 9.47 Å². The third-order valence-corrected chi connectivity index (χ3v) is 8.43. The summed E-state index contributed by atoms with van der Waals surface area (Å²) in [7, 11) is 0. The van der Waals surface area contributed by atoms with Crippen LogP contribution in [0.2, 0.25) is 20.1 Å². The predicted molar refractivity (Wildman–Crippen MR) is 196 cm³/mol. The number of benzene rings is 3. The van der Waals surface area contributed by atoms with Gasteiger partial charge < -0.3 is 28.7 Å². The van der Waals surface area contributed by atoms with Gasteiger partial charge in [0.05, 0.1) is 45.9 Å². The van der Waals surface area contributed by atoms with E-state index in [1.807, 2.05) is 47.2 Å². The highest BCUT2D eigenvalue weighted by Crippen LogP contribution is 2.31. The molecule has 11 nitrogen and oxygen atoms in total. The first-order valence-electron chi connectivity index (χ1n) is 16.1. The molecule has 1 fully saturated rings. The van der Waals surface area contributed by atoms with Crippen LogP contribution in [0.3, 0.4) is 0 Å². The second kappa shape index (κ2) is 23.2. The summed E-state index contributed by atoms with van der Waals surface area (Å²) in [6, 6.07) is 18.6. The van der Waals surface area contributed by atoms with Crippen LogP contribution in [0.4, 0.5) is 0 Å². The van der Waals surface area contributed by atoms with Gasteiger partial charge in [0.15, 0.2) is 0 Å². The molecule has 1 saturated heterocycles. The van der Waals surface area contributed by atoms with Crippen LogP contribution in [0.5, 0.6) is 11.5 Å². The van der Waals surface area contributed by atoms with E-state index in [-0.39, 0.29) is 6.10 Å². The average Bonchev–Trinajstić information content (AvgIpc) is 3.61. The maximum absolute atomic E-state index is 8.36. The highest BCUT2D eigenvalue weighted by Gasteiger charge is 2.18. The van der Waals surface area contributed by atoms with Gasteiger partial charge in [-0.25, -0.2) is 4.98 Å². The molecule has 0 bridgehead atoms. The Morgan fingerprint density at radius 3 is 2.08 bits per heavy atom. The smallest absolute Gasteiger partial charge is 0.291 e. The Morgan fingerprint density at radius 2 is 1.52 bits per heavy atom. The molecule has 0 spiro atoms. The van der Waals surface area contributed by atoms with Crippen molar-refractivity contribution in [3.8, 4) is 11.5 Å². The highest BCUT2D eigenvalue weighted by atomic mass is 35.5. The second-order valence-electron chi connectivity index (χ2n) is 11.0. The molecule has 2 heterocycles. The number of aromatic nitrogens is 2. The number of ether oxygens (including phenoxy) is 4. The molecule has 5 rings (SSSR count). The van der Waals surface area contributed by atoms with Crippen LogP contribution in [-0.2, 0) is 22.6 Å². The van der Waals surface area contributed by atoms with E-state index < -0.39 is 5.09 Å². The fourth-order valence-corrected chi connectivity index (χ4v) is 5.68. The zero-order valence-electron chi connectivity index (χ0n) is 27.8. The number of unbranched alkanes of at least 4 members (excludes halogenated alkanes) is 1. The van der Waals surface area contributed by atoms with E-state index in [9.17, 15) is 0 Å². The van der Waals surface area contributed by atoms with E-state index >= 15 is 0 Å². The van der Waals surface area contributed by atoms with Crippen LogP contribution in [0.1, 0.15) is 43.4 Å². The summed E-state index contributed by atoms with van der Waals surface area (Å²) in [5, 5.41) is 15.9. The Morgan fingerprint density at radius 1 is 0.920 bits per heavy atom. The quantitative estimate of drug-likeness (QED) is 0.0717. The number of halogens is 4. The van der Waals surface area contributed by atoms with Gasteiger partial charge in [-0.15, -0.1) is 10.1 Å². The molecule has 0 saturated carbocycles. The van der Waals surface area contributed by atoms with Crippen molar-refractivity contribution < 1.29 is 29.2 Å². The molecule has 50 heavy (non-hydrogen) atoms. The Hall–Kier alpha value is -3.29. The fourth-order valence-electron chi connectivity index (χ4n) is 4.69. The third kappa shape index (κ3) is 16.2. The van der Waals surface area contributed by atoms with Gasteiger partial charge in [0.2, 0.25) is 0 Å². The SMILES string of the molecule is CCCCOc1ccc(OCCCN2CCOCC2)cc1.Clc1ccc(COC(Cn2ccnc2)c2ccc(Cl)cc2Cl)c(Cl)c1.O=[N+]([O-])O. The van der Waals surface area contributed by atoms with E-state index in [0.717, 1.165) is 88.0 Å². The molecule has 1 atom stereocenters. The highest BCUT2D eigenvalue weighted by molar-refractivity contribution is 6.35. The summed E-state index contributed by atoms with van der Waals surface area (Å²) in [5.41, 5.74) is 1.71. The maximum Gasteiger partial charge on any atom is 0.291 e. The Labute approximate surface area is 312 Å². The molecule has 272 valence electrons. The number of morpholine rings is 1. The topological polar surface area (TPSA) is 121 Å². The van der Waals surface area contributed by atoms with E-state index in [2.05, 4.69) is 16.8 Å². The van der Waals surface area contributed by atoms with Crippen LogP contribution in [-0.4, -0.2) is 70.8 Å². The zero-order valence-corrected chi connectivity index (χ0v) is 30.8. The van der Waals surface area contributed by atoms with Crippen LogP contribution in [0, 0.1) is 10.1 Å². The molecule has 4 aromatic rings. The monoisotopic (exact) mass is 770 g/mol. The summed E-state index contributed by atoms with van der Waals surface area (Å²) in [5.74, 6) is 1.84. The van der Waals surface area contributed by atoms with Crippen molar-refractivity contribution in [2.75, 3.05) is 46.1 Å². The molecule has 1 aliphatic heterocycles. The van der Waals surface area contributed by atoms with E-state index in [1.54, 1.807) is 36.8 Å². The lowest BCUT2D eigenvalue weighted by Crippen LogP contribution is -2.37. The molecule has 1 unspecified atom stereocenters. The minimum absolute atomic E-state index is 0.286. The second-order valence-corrected chi connectivity index (χ2v) is 12.7. The molecular weight excluding hydrogens is 730 g/mol. The predicted octanol–water partition coefficient (Wildman–Crippen LogP) is 9.07. The van der Waals surface area contributed by atoms with Gasteiger partial charge in [-0.1, -0.05) is 71.9 Å². The van der Waals surface area contributed by atoms with Gasteiger partial charge in [0.1, 0.15) is 17.6 Å². The van der Waals surface area contributed by atoms with Crippen molar-refractivity contribution in [1.29, 1.82) is 0 Å². The minimum Gasteiger partial charge on any atom is -0.494 e. The molecule has 0 aliphatic carbocycles. The number of hydrogen-bond donors (Lipinski definition) is 1. The summed E-state index contributed by atoms with van der Waals surface area (Å²) in [4.78, 5) is 14.9. The maximum atomic E-state index is 8.36. The fraction of sp³-hybridized carbons (Fsp3) is 0.400. The van der Waals surface area contributed by atoms with E-state index in [4.69, 9.17) is 80.7 Å². The van der Waals surface area contributed by atoms with E-state index in [1.165, 1.54) is 0 Å². The number of hydrogen-bond acceptors (Lipinski definition) is 8. The van der Waals surface area contributed by atoms with Crippen molar-refractivity contribution >= 4 is 46.4 Å². The van der Waals surface area contributed by atoms with Crippen molar-refractivity contribution in [1.82, 2.24) is 14.5 Å². The lowest BCUT2D eigenvalue weighted by Gasteiger charge is -2.26. The summed E-state index contributed by atoms with van der Waals surface area (Å²) in [6.07, 6.45) is 8.34. The van der Waals surface area contributed by atoms with Gasteiger partial charge in [0, 0.05) is 57.7 Å². The van der Waals surface area contributed by atoms with Crippen LogP contribution in [0.25, 0.3) is 0 Å². The van der Waals surface area contributed by atoms with Crippen molar-refractivity contribution in [3.05, 3.63) is 121 Å². The first kappa shape index (κ1) is 41.1. The number of nitrogens with zero attached hydrogens (tertiary/aromatic N) is 4. The van der Waals surface area contributed by atoms with Crippen molar-refractivity contribution in [2.45, 2.75) is 45.4 Å². The average molecular weight is 773 g/mol. The van der Waals surface area contributed by atoms with Gasteiger partial charge in [-0.2, -0.15) is 0 Å².